The summed E-state index contributed by atoms with van der Waals surface area (Å²) in [7, 11) is 1.70. The first kappa shape index (κ1) is 14.0. The highest BCUT2D eigenvalue weighted by atomic mass is 32.2. The average molecular weight is 273 g/mol. The third-order valence-corrected chi connectivity index (χ3v) is 4.20. The Balaban J connectivity index is 2.33. The number of ether oxygens (including phenoxy) is 1. The van der Waals surface area contributed by atoms with Crippen LogP contribution in [0.4, 0.5) is 0 Å². The summed E-state index contributed by atoms with van der Waals surface area (Å²) in [6, 6.07) is 16.4. The van der Waals surface area contributed by atoms with Crippen LogP contribution in [-0.2, 0) is 0 Å². The molecule has 0 fully saturated rings. The first-order valence-electron chi connectivity index (χ1n) is 6.41. The SMILES string of the molecule is CC[C@H](N)c1ccccc1Sc1ccccc1OC. The fraction of sp³-hybridized carbons (Fsp3) is 0.250. The van der Waals surface area contributed by atoms with E-state index < -0.39 is 0 Å². The van der Waals surface area contributed by atoms with Gasteiger partial charge in [-0.25, -0.2) is 0 Å². The fourth-order valence-electron chi connectivity index (χ4n) is 1.92. The summed E-state index contributed by atoms with van der Waals surface area (Å²) >= 11 is 1.70. The molecule has 0 unspecified atom stereocenters. The molecule has 19 heavy (non-hydrogen) atoms. The largest absolute Gasteiger partial charge is 0.496 e. The summed E-state index contributed by atoms with van der Waals surface area (Å²) in [4.78, 5) is 2.31. The highest BCUT2D eigenvalue weighted by Gasteiger charge is 2.11. The molecule has 2 nitrogen and oxygen atoms in total. The first-order chi connectivity index (χ1) is 9.26. The highest BCUT2D eigenvalue weighted by Crippen LogP contribution is 2.37. The molecule has 0 bridgehead atoms. The molecule has 0 aliphatic heterocycles. The van der Waals surface area contributed by atoms with Gasteiger partial charge in [0.1, 0.15) is 5.75 Å². The number of benzene rings is 2. The monoisotopic (exact) mass is 273 g/mol. The van der Waals surface area contributed by atoms with Gasteiger partial charge in [-0.3, -0.25) is 0 Å². The van der Waals surface area contributed by atoms with Crippen LogP contribution < -0.4 is 10.5 Å². The topological polar surface area (TPSA) is 35.2 Å². The number of nitrogens with two attached hydrogens (primary N) is 1. The van der Waals surface area contributed by atoms with Crippen LogP contribution in [0.2, 0.25) is 0 Å². The van der Waals surface area contributed by atoms with E-state index in [0.717, 1.165) is 17.1 Å². The Bertz CT molecular complexity index is 542. The smallest absolute Gasteiger partial charge is 0.132 e. The van der Waals surface area contributed by atoms with E-state index in [-0.39, 0.29) is 6.04 Å². The van der Waals surface area contributed by atoms with Gasteiger partial charge in [0.05, 0.1) is 12.0 Å². The van der Waals surface area contributed by atoms with Gasteiger partial charge in [0.15, 0.2) is 0 Å². The van der Waals surface area contributed by atoms with Gasteiger partial charge in [-0.1, -0.05) is 49.0 Å². The number of hydrogen-bond donors (Lipinski definition) is 1. The average Bonchev–Trinajstić information content (AvgIpc) is 2.47. The quantitative estimate of drug-likeness (QED) is 0.884. The van der Waals surface area contributed by atoms with Crippen molar-refractivity contribution in [2.45, 2.75) is 29.2 Å². The molecule has 3 heteroatoms. The van der Waals surface area contributed by atoms with Crippen molar-refractivity contribution >= 4 is 11.8 Å². The summed E-state index contributed by atoms with van der Waals surface area (Å²) < 4.78 is 5.39. The lowest BCUT2D eigenvalue weighted by Crippen LogP contribution is -2.09. The molecule has 100 valence electrons. The van der Waals surface area contributed by atoms with Gasteiger partial charge in [0.2, 0.25) is 0 Å². The Morgan fingerprint density at radius 3 is 2.37 bits per heavy atom. The Labute approximate surface area is 119 Å². The number of para-hydroxylation sites is 1. The normalized spacial score (nSPS) is 12.2. The molecule has 1 atom stereocenters. The summed E-state index contributed by atoms with van der Waals surface area (Å²) in [5.41, 5.74) is 7.37. The van der Waals surface area contributed by atoms with Crippen molar-refractivity contribution in [3.05, 3.63) is 54.1 Å². The van der Waals surface area contributed by atoms with E-state index in [1.54, 1.807) is 18.9 Å². The van der Waals surface area contributed by atoms with Crippen LogP contribution in [0, 0.1) is 0 Å². The summed E-state index contributed by atoms with van der Waals surface area (Å²) in [5, 5.41) is 0. The maximum atomic E-state index is 6.17. The van der Waals surface area contributed by atoms with Gasteiger partial charge in [0.25, 0.3) is 0 Å². The lowest BCUT2D eigenvalue weighted by Gasteiger charge is -2.15. The van der Waals surface area contributed by atoms with Gasteiger partial charge >= 0.3 is 0 Å². The summed E-state index contributed by atoms with van der Waals surface area (Å²) in [6.07, 6.45) is 0.934. The van der Waals surface area contributed by atoms with Crippen molar-refractivity contribution in [3.8, 4) is 5.75 Å². The van der Waals surface area contributed by atoms with Crippen molar-refractivity contribution in [1.82, 2.24) is 0 Å². The molecule has 0 heterocycles. The molecule has 0 saturated carbocycles. The minimum Gasteiger partial charge on any atom is -0.496 e. The van der Waals surface area contributed by atoms with Crippen molar-refractivity contribution in [1.29, 1.82) is 0 Å². The molecule has 2 N–H and O–H groups in total. The third-order valence-electron chi connectivity index (χ3n) is 3.05. The zero-order valence-corrected chi connectivity index (χ0v) is 12.1. The molecule has 0 aromatic heterocycles. The van der Waals surface area contributed by atoms with Crippen LogP contribution in [0.5, 0.6) is 5.75 Å². The summed E-state index contributed by atoms with van der Waals surface area (Å²) in [6.45, 7) is 2.11. The standard InChI is InChI=1S/C16H19NOS/c1-3-13(17)12-8-4-6-10-15(12)19-16-11-7-5-9-14(16)18-2/h4-11,13H,3,17H2,1-2H3/t13-/m0/s1. The molecule has 0 saturated heterocycles. The van der Waals surface area contributed by atoms with Crippen LogP contribution in [0.1, 0.15) is 24.9 Å². The van der Waals surface area contributed by atoms with Crippen LogP contribution in [-0.4, -0.2) is 7.11 Å². The maximum absolute atomic E-state index is 6.17. The molecule has 2 rings (SSSR count). The molecule has 0 amide bonds. The number of hydrogen-bond acceptors (Lipinski definition) is 3. The van der Waals surface area contributed by atoms with Gasteiger partial charge in [-0.2, -0.15) is 0 Å². The van der Waals surface area contributed by atoms with Crippen LogP contribution >= 0.6 is 11.8 Å². The van der Waals surface area contributed by atoms with E-state index >= 15 is 0 Å². The minimum absolute atomic E-state index is 0.0819. The highest BCUT2D eigenvalue weighted by molar-refractivity contribution is 7.99. The second-order valence-corrected chi connectivity index (χ2v) is 5.39. The second kappa shape index (κ2) is 6.64. The lowest BCUT2D eigenvalue weighted by molar-refractivity contribution is 0.405. The lowest BCUT2D eigenvalue weighted by atomic mass is 10.1. The Morgan fingerprint density at radius 1 is 1.05 bits per heavy atom. The van der Waals surface area contributed by atoms with Crippen molar-refractivity contribution in [3.63, 3.8) is 0 Å². The molecule has 2 aromatic rings. The van der Waals surface area contributed by atoms with Gasteiger partial charge in [0, 0.05) is 10.9 Å². The van der Waals surface area contributed by atoms with Gasteiger partial charge < -0.3 is 10.5 Å². The van der Waals surface area contributed by atoms with Crippen molar-refractivity contribution in [2.75, 3.05) is 7.11 Å². The Hall–Kier alpha value is -1.45. The Kier molecular flexibility index (Phi) is 4.88. The van der Waals surface area contributed by atoms with Crippen LogP contribution in [0.25, 0.3) is 0 Å². The predicted molar refractivity (Wildman–Crippen MR) is 80.8 cm³/mol. The molecule has 0 spiro atoms. The molecule has 0 radical (unpaired) electrons. The van der Waals surface area contributed by atoms with Crippen molar-refractivity contribution < 1.29 is 4.74 Å². The third kappa shape index (κ3) is 3.31. The predicted octanol–water partition coefficient (Wildman–Crippen LogP) is 4.26. The summed E-state index contributed by atoms with van der Waals surface area (Å²) in [5.74, 6) is 0.896. The van der Waals surface area contributed by atoms with Crippen LogP contribution in [0.3, 0.4) is 0 Å². The molecular weight excluding hydrogens is 254 g/mol. The second-order valence-electron chi connectivity index (χ2n) is 4.31. The van der Waals surface area contributed by atoms with E-state index in [2.05, 4.69) is 25.1 Å². The van der Waals surface area contributed by atoms with Crippen LogP contribution in [0.15, 0.2) is 58.3 Å². The van der Waals surface area contributed by atoms with Gasteiger partial charge in [-0.05, 0) is 30.2 Å². The fourth-order valence-corrected chi connectivity index (χ4v) is 3.04. The minimum atomic E-state index is 0.0819. The van der Waals surface area contributed by atoms with Crippen molar-refractivity contribution in [2.24, 2.45) is 5.73 Å². The first-order valence-corrected chi connectivity index (χ1v) is 7.23. The molecule has 0 aliphatic rings. The van der Waals surface area contributed by atoms with E-state index in [4.69, 9.17) is 10.5 Å². The zero-order chi connectivity index (χ0) is 13.7. The molecular formula is C16H19NOS. The number of rotatable bonds is 5. The molecule has 2 aromatic carbocycles. The maximum Gasteiger partial charge on any atom is 0.132 e. The number of methoxy groups -OCH3 is 1. The zero-order valence-electron chi connectivity index (χ0n) is 11.3. The van der Waals surface area contributed by atoms with E-state index in [1.807, 2.05) is 30.3 Å². The Morgan fingerprint density at radius 2 is 1.68 bits per heavy atom. The molecule has 0 aliphatic carbocycles. The van der Waals surface area contributed by atoms with E-state index in [1.165, 1.54) is 10.5 Å². The van der Waals surface area contributed by atoms with E-state index in [9.17, 15) is 0 Å². The van der Waals surface area contributed by atoms with Gasteiger partial charge in [-0.15, -0.1) is 0 Å². The van der Waals surface area contributed by atoms with E-state index in [0.29, 0.717) is 0 Å².